The predicted octanol–water partition coefficient (Wildman–Crippen LogP) is 6.90. The van der Waals surface area contributed by atoms with Crippen LogP contribution in [0.4, 0.5) is 46.8 Å². The zero-order valence-corrected chi connectivity index (χ0v) is 26.1. The van der Waals surface area contributed by atoms with Crippen LogP contribution in [0.15, 0.2) is 79.1 Å². The molecule has 5 aromatic rings. The van der Waals surface area contributed by atoms with E-state index in [1.165, 1.54) is 29.3 Å². The van der Waals surface area contributed by atoms with Crippen LogP contribution >= 0.6 is 0 Å². The molecule has 0 aliphatic carbocycles. The number of alkyl halides is 3. The van der Waals surface area contributed by atoms with E-state index in [1.54, 1.807) is 24.2 Å². The third-order valence-electron chi connectivity index (χ3n) is 8.26. The van der Waals surface area contributed by atoms with Crippen LogP contribution in [0.2, 0.25) is 0 Å². The molecule has 0 bridgehead atoms. The molecule has 14 heteroatoms. The number of hydrogen-bond acceptors (Lipinski definition) is 8. The van der Waals surface area contributed by atoms with Gasteiger partial charge in [-0.3, -0.25) is 9.80 Å². The van der Waals surface area contributed by atoms with Gasteiger partial charge in [0.25, 0.3) is 0 Å². The average molecular weight is 657 g/mol. The van der Waals surface area contributed by atoms with Gasteiger partial charge in [0.05, 0.1) is 31.6 Å². The number of imidazole rings is 1. The van der Waals surface area contributed by atoms with Crippen LogP contribution in [0, 0.1) is 6.92 Å². The van der Waals surface area contributed by atoms with E-state index in [2.05, 4.69) is 34.9 Å². The molecule has 0 atom stereocenters. The minimum Gasteiger partial charge on any atom is -0.405 e. The molecule has 2 aliphatic heterocycles. The number of halogens is 3. The van der Waals surface area contributed by atoms with Gasteiger partial charge in [-0.25, -0.2) is 14.8 Å². The van der Waals surface area contributed by atoms with E-state index in [0.717, 1.165) is 35.6 Å². The summed E-state index contributed by atoms with van der Waals surface area (Å²) in [5.74, 6) is 0.953. The van der Waals surface area contributed by atoms with Crippen LogP contribution < -0.4 is 24.8 Å². The maximum Gasteiger partial charge on any atom is 0.573 e. The molecule has 0 radical (unpaired) electrons. The number of hydrogen-bond donors (Lipinski definition) is 2. The van der Waals surface area contributed by atoms with Crippen LogP contribution in [0.3, 0.4) is 0 Å². The van der Waals surface area contributed by atoms with Crippen molar-refractivity contribution >= 4 is 34.9 Å². The number of carbonyl (C=O) groups is 1. The van der Waals surface area contributed by atoms with Gasteiger partial charge in [-0.05, 0) is 55.0 Å². The Hall–Kier alpha value is -5.63. The first-order chi connectivity index (χ1) is 23.1. The fourth-order valence-corrected chi connectivity index (χ4v) is 5.82. The number of nitrogens with one attached hydrogen (secondary N) is 2. The van der Waals surface area contributed by atoms with Crippen molar-refractivity contribution in [2.75, 3.05) is 53.4 Å². The van der Waals surface area contributed by atoms with Crippen molar-refractivity contribution in [1.29, 1.82) is 0 Å². The molecule has 48 heavy (non-hydrogen) atoms. The Labute approximate surface area is 274 Å². The third-order valence-corrected chi connectivity index (χ3v) is 8.26. The van der Waals surface area contributed by atoms with Gasteiger partial charge in [-0.1, -0.05) is 24.3 Å². The number of anilines is 5. The highest BCUT2D eigenvalue weighted by atomic mass is 19.4. The summed E-state index contributed by atoms with van der Waals surface area (Å²) in [4.78, 5) is 35.8. The molecular formula is C34H31F3N8O3. The van der Waals surface area contributed by atoms with Crippen LogP contribution in [-0.2, 0) is 11.3 Å². The Bertz CT molecular complexity index is 1960. The van der Waals surface area contributed by atoms with Crippen molar-refractivity contribution < 1.29 is 27.4 Å². The van der Waals surface area contributed by atoms with Gasteiger partial charge in [0.15, 0.2) is 0 Å². The number of H-pyrrole nitrogens is 1. The lowest BCUT2D eigenvalue weighted by Crippen LogP contribution is -2.46. The van der Waals surface area contributed by atoms with Crippen molar-refractivity contribution in [2.24, 2.45) is 0 Å². The molecule has 0 unspecified atom stereocenters. The van der Waals surface area contributed by atoms with Gasteiger partial charge < -0.3 is 24.7 Å². The maximum atomic E-state index is 13.7. The molecular weight excluding hydrogens is 625 g/mol. The molecule has 2 N–H and O–H groups in total. The molecule has 2 amide bonds. The summed E-state index contributed by atoms with van der Waals surface area (Å²) in [7, 11) is 1.67. The van der Waals surface area contributed by atoms with Crippen molar-refractivity contribution in [3.8, 4) is 28.4 Å². The number of aromatic nitrogens is 4. The molecule has 3 aromatic carbocycles. The summed E-state index contributed by atoms with van der Waals surface area (Å²) in [5, 5.41) is 3.23. The summed E-state index contributed by atoms with van der Waals surface area (Å²) in [6.45, 7) is 5.27. The maximum absolute atomic E-state index is 13.7. The van der Waals surface area contributed by atoms with E-state index in [1.807, 2.05) is 49.4 Å². The molecule has 246 valence electrons. The quantitative estimate of drug-likeness (QED) is 0.195. The Morgan fingerprint density at radius 1 is 0.979 bits per heavy atom. The number of carbonyl (C=O) groups excluding carboxylic acids is 1. The van der Waals surface area contributed by atoms with E-state index in [4.69, 9.17) is 4.74 Å². The molecule has 0 spiro atoms. The highest BCUT2D eigenvalue weighted by Crippen LogP contribution is 2.36. The molecule has 1 saturated heterocycles. The average Bonchev–Trinajstić information content (AvgIpc) is 3.57. The minimum absolute atomic E-state index is 0.212. The van der Waals surface area contributed by atoms with Crippen LogP contribution in [0.25, 0.3) is 22.6 Å². The monoisotopic (exact) mass is 656 g/mol. The van der Waals surface area contributed by atoms with Crippen molar-refractivity contribution in [3.63, 3.8) is 0 Å². The highest BCUT2D eigenvalue weighted by Gasteiger charge is 2.33. The van der Waals surface area contributed by atoms with E-state index in [-0.39, 0.29) is 23.9 Å². The van der Waals surface area contributed by atoms with Gasteiger partial charge in [0.1, 0.15) is 17.4 Å². The van der Waals surface area contributed by atoms with Gasteiger partial charge >= 0.3 is 12.4 Å². The molecule has 2 aromatic heterocycles. The zero-order chi connectivity index (χ0) is 33.4. The first-order valence-electron chi connectivity index (χ1n) is 15.2. The van der Waals surface area contributed by atoms with Gasteiger partial charge in [0.2, 0.25) is 5.95 Å². The zero-order valence-electron chi connectivity index (χ0n) is 26.1. The summed E-state index contributed by atoms with van der Waals surface area (Å²) in [6, 6.07) is 19.1. The summed E-state index contributed by atoms with van der Waals surface area (Å²) >= 11 is 0. The van der Waals surface area contributed by atoms with Crippen LogP contribution in [0.1, 0.15) is 11.1 Å². The van der Waals surface area contributed by atoms with Crippen molar-refractivity contribution in [2.45, 2.75) is 19.8 Å². The number of ether oxygens (including phenoxy) is 2. The van der Waals surface area contributed by atoms with Gasteiger partial charge in [0, 0.05) is 60.1 Å². The third kappa shape index (κ3) is 6.34. The smallest absolute Gasteiger partial charge is 0.405 e. The number of aromatic amines is 1. The predicted molar refractivity (Wildman–Crippen MR) is 176 cm³/mol. The number of fused-ring (bicyclic) bond motifs is 1. The Morgan fingerprint density at radius 2 is 1.75 bits per heavy atom. The fourth-order valence-electron chi connectivity index (χ4n) is 5.82. The summed E-state index contributed by atoms with van der Waals surface area (Å²) in [5.41, 5.74) is 5.41. The topological polar surface area (TPSA) is 112 Å². The number of aryl methyl sites for hydroxylation is 1. The number of amides is 2. The minimum atomic E-state index is -4.84. The van der Waals surface area contributed by atoms with E-state index >= 15 is 0 Å². The SMILES string of the molecule is Cc1ccc(-c2ncc(-c3ccccc3OC(F)(F)F)[nH]2)cc1N1Cc2cnc(Nc3ccc(N4CCOCC4)cc3)nc2N(C)C1=O. The molecule has 2 aliphatic rings. The number of urea groups is 1. The molecule has 0 saturated carbocycles. The second-order valence-corrected chi connectivity index (χ2v) is 11.4. The highest BCUT2D eigenvalue weighted by molar-refractivity contribution is 6.05. The number of para-hydroxylation sites is 1. The molecule has 11 nitrogen and oxygen atoms in total. The second-order valence-electron chi connectivity index (χ2n) is 11.4. The first kappa shape index (κ1) is 31.0. The lowest BCUT2D eigenvalue weighted by molar-refractivity contribution is -0.274. The lowest BCUT2D eigenvalue weighted by atomic mass is 10.1. The number of morpholine rings is 1. The Balaban J connectivity index is 1.10. The van der Waals surface area contributed by atoms with Gasteiger partial charge in [-0.15, -0.1) is 13.2 Å². The lowest BCUT2D eigenvalue weighted by Gasteiger charge is -2.35. The number of rotatable bonds is 7. The molecule has 1 fully saturated rings. The summed E-state index contributed by atoms with van der Waals surface area (Å²) in [6.07, 6.45) is -1.68. The normalized spacial score (nSPS) is 15.0. The van der Waals surface area contributed by atoms with E-state index in [0.29, 0.717) is 47.7 Å². The number of nitrogens with zero attached hydrogens (tertiary/aromatic N) is 6. The Kier molecular flexibility index (Phi) is 8.09. The van der Waals surface area contributed by atoms with Crippen LogP contribution in [-0.4, -0.2) is 65.7 Å². The van der Waals surface area contributed by atoms with Crippen molar-refractivity contribution in [1.82, 2.24) is 19.9 Å². The second kappa shape index (κ2) is 12.5. The fraction of sp³-hybridized carbons (Fsp3) is 0.235. The number of benzene rings is 3. The molecule has 4 heterocycles. The van der Waals surface area contributed by atoms with E-state index in [9.17, 15) is 18.0 Å². The molecule has 7 rings (SSSR count). The van der Waals surface area contributed by atoms with Crippen LogP contribution in [0.5, 0.6) is 5.75 Å². The first-order valence-corrected chi connectivity index (χ1v) is 15.2. The van der Waals surface area contributed by atoms with Crippen molar-refractivity contribution in [3.05, 3.63) is 90.3 Å². The summed E-state index contributed by atoms with van der Waals surface area (Å²) < 4.78 is 48.6. The standard InChI is InChI=1S/C34H31F3N8O3/c1-21-7-8-22(30-38-19-27(41-30)26-5-3-4-6-29(26)48-34(35,36)37)17-28(21)45-20-23-18-39-32(42-31(23)43(2)33(45)46)40-24-9-11-25(12-10-24)44-13-15-47-16-14-44/h3-12,17-19H,13-16,20H2,1-2H3,(H,38,41)(H,39,40,42). The van der Waals surface area contributed by atoms with Gasteiger partial charge in [-0.2, -0.15) is 4.98 Å². The van der Waals surface area contributed by atoms with E-state index < -0.39 is 6.36 Å². The Morgan fingerprint density at radius 3 is 2.52 bits per heavy atom. The largest absolute Gasteiger partial charge is 0.573 e.